The molecule has 0 bridgehead atoms. The highest BCUT2D eigenvalue weighted by Gasteiger charge is 2.32. The Balaban J connectivity index is 2.20. The van der Waals surface area contributed by atoms with Crippen LogP contribution in [0.1, 0.15) is 24.1 Å². The standard InChI is InChI=1S/C23H30N8O8/c24-14(7-18(25)33)20(35)29-15(6-12-9-27-10-28-12)21(36)30-16(8-19(26)34)22(37)31-17(23(38)39)5-11-1-3-13(32)4-2-11/h1-4,9-10,14-17,32H,5-8,24H2,(H2,25,33)(H2,26,34)(H,27,28)(H,29,35)(H,30,36)(H,31,37)(H,38,39). The van der Waals surface area contributed by atoms with Crippen LogP contribution in [0.15, 0.2) is 36.8 Å². The second-order valence-electron chi connectivity index (χ2n) is 8.62. The van der Waals surface area contributed by atoms with Gasteiger partial charge in [-0.2, -0.15) is 0 Å². The van der Waals surface area contributed by atoms with Crippen LogP contribution in [0.4, 0.5) is 0 Å². The van der Waals surface area contributed by atoms with Gasteiger partial charge in [0.2, 0.25) is 29.5 Å². The summed E-state index contributed by atoms with van der Waals surface area (Å²) in [5.74, 6) is -6.09. The van der Waals surface area contributed by atoms with Crippen LogP contribution in [0.2, 0.25) is 0 Å². The number of amides is 5. The van der Waals surface area contributed by atoms with E-state index in [0.717, 1.165) is 0 Å². The Labute approximate surface area is 221 Å². The van der Waals surface area contributed by atoms with Crippen LogP contribution in [-0.4, -0.2) is 79.9 Å². The summed E-state index contributed by atoms with van der Waals surface area (Å²) in [6.07, 6.45) is 1.21. The number of phenolic OH excluding ortho intramolecular Hbond substituents is 1. The van der Waals surface area contributed by atoms with E-state index in [1.54, 1.807) is 0 Å². The van der Waals surface area contributed by atoms with Gasteiger partial charge in [-0.25, -0.2) is 9.78 Å². The van der Waals surface area contributed by atoms with Crippen LogP contribution in [-0.2, 0) is 41.6 Å². The highest BCUT2D eigenvalue weighted by molar-refractivity contribution is 5.96. The van der Waals surface area contributed by atoms with E-state index in [1.165, 1.54) is 36.8 Å². The number of aromatic nitrogens is 2. The number of hydrogen-bond acceptors (Lipinski definition) is 9. The molecule has 2 rings (SSSR count). The molecule has 16 heteroatoms. The summed E-state index contributed by atoms with van der Waals surface area (Å²) in [5.41, 5.74) is 16.8. The molecular weight excluding hydrogens is 516 g/mol. The fourth-order valence-electron chi connectivity index (χ4n) is 3.44. The lowest BCUT2D eigenvalue weighted by molar-refractivity contribution is -0.142. The minimum absolute atomic E-state index is 0.0359. The molecule has 0 aliphatic rings. The maximum absolute atomic E-state index is 13.1. The average Bonchev–Trinajstić information content (AvgIpc) is 3.36. The maximum Gasteiger partial charge on any atom is 0.326 e. The first kappa shape index (κ1) is 30.2. The number of carboxylic acids is 1. The van der Waals surface area contributed by atoms with Crippen molar-refractivity contribution in [2.45, 2.75) is 49.9 Å². The number of phenols is 1. The molecule has 0 aliphatic heterocycles. The lowest BCUT2D eigenvalue weighted by Gasteiger charge is -2.24. The van der Waals surface area contributed by atoms with Gasteiger partial charge in [0, 0.05) is 24.7 Å². The predicted octanol–water partition coefficient (Wildman–Crippen LogP) is -3.48. The van der Waals surface area contributed by atoms with Crippen molar-refractivity contribution in [3.05, 3.63) is 48.0 Å². The van der Waals surface area contributed by atoms with Crippen LogP contribution in [0.25, 0.3) is 0 Å². The van der Waals surface area contributed by atoms with Gasteiger partial charge in [0.1, 0.15) is 23.9 Å². The summed E-state index contributed by atoms with van der Waals surface area (Å²) < 4.78 is 0. The lowest BCUT2D eigenvalue weighted by atomic mass is 10.0. The number of carbonyl (C=O) groups excluding carboxylic acids is 5. The van der Waals surface area contributed by atoms with E-state index in [4.69, 9.17) is 17.2 Å². The first-order valence-electron chi connectivity index (χ1n) is 11.6. The molecule has 0 aliphatic carbocycles. The number of rotatable bonds is 15. The number of aliphatic carboxylic acids is 1. The number of H-pyrrole nitrogens is 1. The van der Waals surface area contributed by atoms with Gasteiger partial charge in [-0.1, -0.05) is 12.1 Å². The Bertz CT molecular complexity index is 1190. The van der Waals surface area contributed by atoms with Crippen molar-refractivity contribution >= 4 is 35.5 Å². The Morgan fingerprint density at radius 3 is 1.92 bits per heavy atom. The lowest BCUT2D eigenvalue weighted by Crippen LogP contribution is -2.58. The molecule has 1 heterocycles. The number of hydrogen-bond donors (Lipinski definition) is 9. The molecule has 0 radical (unpaired) electrons. The topological polar surface area (TPSA) is 286 Å². The summed E-state index contributed by atoms with van der Waals surface area (Å²) in [7, 11) is 0. The molecule has 12 N–H and O–H groups in total. The molecule has 2 aromatic rings. The van der Waals surface area contributed by atoms with Crippen molar-refractivity contribution in [2.24, 2.45) is 17.2 Å². The zero-order valence-electron chi connectivity index (χ0n) is 20.6. The molecule has 4 unspecified atom stereocenters. The van der Waals surface area contributed by atoms with Gasteiger partial charge in [0.25, 0.3) is 0 Å². The molecule has 1 aromatic heterocycles. The first-order chi connectivity index (χ1) is 18.3. The smallest absolute Gasteiger partial charge is 0.326 e. The fraction of sp³-hybridized carbons (Fsp3) is 0.348. The molecule has 1 aromatic carbocycles. The van der Waals surface area contributed by atoms with E-state index in [9.17, 15) is 39.0 Å². The molecule has 39 heavy (non-hydrogen) atoms. The van der Waals surface area contributed by atoms with E-state index >= 15 is 0 Å². The Kier molecular flexibility index (Phi) is 10.9. The summed E-state index contributed by atoms with van der Waals surface area (Å²) in [6, 6.07) is -0.158. The van der Waals surface area contributed by atoms with Crippen LogP contribution in [0, 0.1) is 0 Å². The normalized spacial score (nSPS) is 13.8. The number of nitrogens with one attached hydrogen (secondary N) is 4. The van der Waals surface area contributed by atoms with Crippen LogP contribution in [0.3, 0.4) is 0 Å². The number of carboxylic acid groups (broad SMARTS) is 1. The number of aromatic hydroxyl groups is 1. The number of nitrogens with two attached hydrogens (primary N) is 3. The van der Waals surface area contributed by atoms with Crippen LogP contribution in [0.5, 0.6) is 5.75 Å². The minimum Gasteiger partial charge on any atom is -0.508 e. The van der Waals surface area contributed by atoms with E-state index in [1.807, 2.05) is 0 Å². The highest BCUT2D eigenvalue weighted by atomic mass is 16.4. The second kappa shape index (κ2) is 14.1. The van der Waals surface area contributed by atoms with Gasteiger partial charge in [-0.3, -0.25) is 24.0 Å². The Morgan fingerprint density at radius 1 is 0.821 bits per heavy atom. The van der Waals surface area contributed by atoms with Gasteiger partial charge in [-0.15, -0.1) is 0 Å². The molecule has 0 saturated heterocycles. The van der Waals surface area contributed by atoms with Gasteiger partial charge < -0.3 is 48.3 Å². The van der Waals surface area contributed by atoms with Gasteiger partial charge in [0.15, 0.2) is 0 Å². The van der Waals surface area contributed by atoms with E-state index in [-0.39, 0.29) is 18.6 Å². The summed E-state index contributed by atoms with van der Waals surface area (Å²) in [4.78, 5) is 79.6. The predicted molar refractivity (Wildman–Crippen MR) is 133 cm³/mol. The van der Waals surface area contributed by atoms with E-state index < -0.39 is 72.5 Å². The summed E-state index contributed by atoms with van der Waals surface area (Å²) in [5, 5.41) is 25.9. The average molecular weight is 547 g/mol. The molecule has 4 atom stereocenters. The molecule has 0 spiro atoms. The molecule has 0 saturated carbocycles. The first-order valence-corrected chi connectivity index (χ1v) is 11.6. The Hall–Kier alpha value is -4.99. The van der Waals surface area contributed by atoms with Crippen molar-refractivity contribution in [3.8, 4) is 5.75 Å². The van der Waals surface area contributed by atoms with Crippen molar-refractivity contribution < 1.29 is 39.0 Å². The summed E-state index contributed by atoms with van der Waals surface area (Å²) in [6.45, 7) is 0. The molecule has 5 amide bonds. The monoisotopic (exact) mass is 546 g/mol. The highest BCUT2D eigenvalue weighted by Crippen LogP contribution is 2.12. The van der Waals surface area contributed by atoms with Crippen LogP contribution >= 0.6 is 0 Å². The number of carbonyl (C=O) groups is 6. The molecule has 0 fully saturated rings. The SMILES string of the molecule is NC(=O)CC(N)C(=O)NC(Cc1cnc[nH]1)C(=O)NC(CC(N)=O)C(=O)NC(Cc1ccc(O)cc1)C(=O)O. The summed E-state index contributed by atoms with van der Waals surface area (Å²) >= 11 is 0. The van der Waals surface area contributed by atoms with Gasteiger partial charge in [0.05, 0.1) is 25.2 Å². The third kappa shape index (κ3) is 10.1. The molecular formula is C23H30N8O8. The minimum atomic E-state index is -1.60. The molecule has 16 nitrogen and oxygen atoms in total. The third-order valence-electron chi connectivity index (χ3n) is 5.40. The maximum atomic E-state index is 13.1. The second-order valence-corrected chi connectivity index (χ2v) is 8.62. The van der Waals surface area contributed by atoms with E-state index in [2.05, 4.69) is 25.9 Å². The van der Waals surface area contributed by atoms with Crippen molar-refractivity contribution in [2.75, 3.05) is 0 Å². The van der Waals surface area contributed by atoms with Crippen molar-refractivity contribution in [3.63, 3.8) is 0 Å². The number of aromatic amines is 1. The van der Waals surface area contributed by atoms with Crippen molar-refractivity contribution in [1.82, 2.24) is 25.9 Å². The van der Waals surface area contributed by atoms with Crippen LogP contribution < -0.4 is 33.2 Å². The van der Waals surface area contributed by atoms with Crippen molar-refractivity contribution in [1.29, 1.82) is 0 Å². The van der Waals surface area contributed by atoms with Gasteiger partial charge >= 0.3 is 5.97 Å². The third-order valence-corrected chi connectivity index (χ3v) is 5.40. The largest absolute Gasteiger partial charge is 0.508 e. The fourth-order valence-corrected chi connectivity index (χ4v) is 3.44. The zero-order valence-corrected chi connectivity index (χ0v) is 20.6. The van der Waals surface area contributed by atoms with E-state index in [0.29, 0.717) is 11.3 Å². The number of imidazole rings is 1. The zero-order chi connectivity index (χ0) is 29.1. The quantitative estimate of drug-likeness (QED) is 0.106. The number of nitrogens with zero attached hydrogens (tertiary/aromatic N) is 1. The van der Waals surface area contributed by atoms with Gasteiger partial charge in [-0.05, 0) is 17.7 Å². The number of benzene rings is 1. The Morgan fingerprint density at radius 2 is 1.38 bits per heavy atom. The number of primary amides is 2. The molecule has 210 valence electrons.